The largest absolute Gasteiger partial charge is 0.481 e. The van der Waals surface area contributed by atoms with E-state index in [0.717, 1.165) is 0 Å². The monoisotopic (exact) mass is 231 g/mol. The lowest BCUT2D eigenvalue weighted by atomic mass is 10.3. The first kappa shape index (κ1) is 12.9. The van der Waals surface area contributed by atoms with Crippen molar-refractivity contribution in [2.24, 2.45) is 0 Å². The first-order valence-corrected chi connectivity index (χ1v) is 5.13. The van der Waals surface area contributed by atoms with Crippen LogP contribution in [0.2, 0.25) is 0 Å². The molecule has 6 nitrogen and oxygen atoms in total. The molecule has 0 aliphatic carbocycles. The Kier molecular flexibility index (Phi) is 4.70. The average molecular weight is 231 g/mol. The van der Waals surface area contributed by atoms with Crippen molar-refractivity contribution in [1.29, 1.82) is 0 Å². The fraction of sp³-hybridized carbons (Fsp3) is 0.800. The van der Waals surface area contributed by atoms with Gasteiger partial charge in [-0.25, -0.2) is 0 Å². The summed E-state index contributed by atoms with van der Waals surface area (Å²) >= 11 is 0. The second-order valence-electron chi connectivity index (χ2n) is 3.74. The number of hydrogen-bond acceptors (Lipinski definition) is 4. The summed E-state index contributed by atoms with van der Waals surface area (Å²) in [5.41, 5.74) is 0. The molecule has 1 heterocycles. The second kappa shape index (κ2) is 5.81. The number of carboxylic acid groups (broad SMARTS) is 1. The normalized spacial score (nSPS) is 24.8. The highest BCUT2D eigenvalue weighted by molar-refractivity contribution is 5.81. The van der Waals surface area contributed by atoms with E-state index in [1.807, 2.05) is 0 Å². The first-order chi connectivity index (χ1) is 7.58. The van der Waals surface area contributed by atoms with E-state index >= 15 is 0 Å². The molecular formula is C10H17NO5. The lowest BCUT2D eigenvalue weighted by Crippen LogP contribution is -2.30. The van der Waals surface area contributed by atoms with E-state index < -0.39 is 5.97 Å². The zero-order valence-electron chi connectivity index (χ0n) is 9.51. The second-order valence-corrected chi connectivity index (χ2v) is 3.74. The molecule has 16 heavy (non-hydrogen) atoms. The molecule has 0 spiro atoms. The molecule has 6 heteroatoms. The highest BCUT2D eigenvalue weighted by Crippen LogP contribution is 2.16. The Morgan fingerprint density at radius 1 is 1.19 bits per heavy atom. The van der Waals surface area contributed by atoms with Crippen LogP contribution in [0.1, 0.15) is 12.8 Å². The van der Waals surface area contributed by atoms with Gasteiger partial charge in [-0.1, -0.05) is 0 Å². The summed E-state index contributed by atoms with van der Waals surface area (Å²) in [6, 6.07) is 0. The summed E-state index contributed by atoms with van der Waals surface area (Å²) in [7, 11) is 3.14. The van der Waals surface area contributed by atoms with Gasteiger partial charge in [-0.05, 0) is 0 Å². The number of nitrogens with zero attached hydrogens (tertiary/aromatic N) is 1. The maximum Gasteiger partial charge on any atom is 0.303 e. The predicted octanol–water partition coefficient (Wildman–Crippen LogP) is -0.277. The minimum Gasteiger partial charge on any atom is -0.481 e. The third kappa shape index (κ3) is 3.18. The molecule has 0 saturated carbocycles. The molecule has 0 aromatic carbocycles. The molecule has 0 aromatic heterocycles. The van der Waals surface area contributed by atoms with E-state index in [1.165, 1.54) is 0 Å². The van der Waals surface area contributed by atoms with Crippen molar-refractivity contribution in [3.63, 3.8) is 0 Å². The maximum atomic E-state index is 11.6. The third-order valence-electron chi connectivity index (χ3n) is 2.73. The van der Waals surface area contributed by atoms with Gasteiger partial charge in [0, 0.05) is 33.7 Å². The number of carbonyl (C=O) groups is 2. The molecule has 0 bridgehead atoms. The maximum absolute atomic E-state index is 11.6. The van der Waals surface area contributed by atoms with Gasteiger partial charge in [0.2, 0.25) is 5.91 Å². The highest BCUT2D eigenvalue weighted by atomic mass is 16.5. The van der Waals surface area contributed by atoms with Gasteiger partial charge < -0.3 is 19.5 Å². The standard InChI is InChI=1S/C10H17NO5/c1-15-7-5-11(6-8(7)16-2)9(12)3-4-10(13)14/h7-8H,3-6H2,1-2H3,(H,13,14)/t7-,8-/m1/s1. The van der Waals surface area contributed by atoms with E-state index in [1.54, 1.807) is 19.1 Å². The van der Waals surface area contributed by atoms with Crippen LogP contribution in [0, 0.1) is 0 Å². The Morgan fingerprint density at radius 3 is 2.06 bits per heavy atom. The Bertz CT molecular complexity index is 256. The van der Waals surface area contributed by atoms with Crippen LogP contribution < -0.4 is 0 Å². The van der Waals surface area contributed by atoms with E-state index in [4.69, 9.17) is 14.6 Å². The SMILES string of the molecule is CO[C@@H]1CN(C(=O)CCC(=O)O)C[C@H]1OC. The number of amides is 1. The summed E-state index contributed by atoms with van der Waals surface area (Å²) in [6.45, 7) is 0.931. The van der Waals surface area contributed by atoms with Crippen molar-refractivity contribution in [1.82, 2.24) is 4.90 Å². The van der Waals surface area contributed by atoms with Gasteiger partial charge >= 0.3 is 5.97 Å². The molecule has 2 atom stereocenters. The quantitative estimate of drug-likeness (QED) is 0.704. The van der Waals surface area contributed by atoms with Crippen molar-refractivity contribution in [2.75, 3.05) is 27.3 Å². The number of hydrogen-bond donors (Lipinski definition) is 1. The molecule has 0 unspecified atom stereocenters. The summed E-state index contributed by atoms with van der Waals surface area (Å²) in [4.78, 5) is 23.6. The molecule has 1 amide bonds. The van der Waals surface area contributed by atoms with Crippen molar-refractivity contribution in [3.05, 3.63) is 0 Å². The van der Waals surface area contributed by atoms with Crippen LogP contribution in [0.4, 0.5) is 0 Å². The Hall–Kier alpha value is -1.14. The Labute approximate surface area is 94.1 Å². The number of aliphatic carboxylic acids is 1. The lowest BCUT2D eigenvalue weighted by Gasteiger charge is -2.14. The first-order valence-electron chi connectivity index (χ1n) is 5.13. The van der Waals surface area contributed by atoms with Crippen molar-refractivity contribution < 1.29 is 24.2 Å². The van der Waals surface area contributed by atoms with Gasteiger partial charge in [0.25, 0.3) is 0 Å². The Morgan fingerprint density at radius 2 is 1.69 bits per heavy atom. The van der Waals surface area contributed by atoms with Crippen LogP contribution in [0.15, 0.2) is 0 Å². The summed E-state index contributed by atoms with van der Waals surface area (Å²) in [5, 5.41) is 8.48. The van der Waals surface area contributed by atoms with Gasteiger partial charge in [-0.15, -0.1) is 0 Å². The van der Waals surface area contributed by atoms with Crippen LogP contribution >= 0.6 is 0 Å². The molecule has 1 fully saturated rings. The summed E-state index contributed by atoms with van der Waals surface area (Å²) in [5.74, 6) is -1.12. The molecule has 1 rings (SSSR count). The number of methoxy groups -OCH3 is 2. The topological polar surface area (TPSA) is 76.1 Å². The predicted molar refractivity (Wildman–Crippen MR) is 55.0 cm³/mol. The molecule has 92 valence electrons. The minimum atomic E-state index is -0.959. The zero-order chi connectivity index (χ0) is 12.1. The molecule has 0 aromatic rings. The number of likely N-dealkylation sites (tertiary alicyclic amines) is 1. The van der Waals surface area contributed by atoms with Gasteiger partial charge in [-0.3, -0.25) is 9.59 Å². The number of carboxylic acids is 1. The summed E-state index contributed by atoms with van der Waals surface area (Å²) in [6.07, 6.45) is -0.357. The Balaban J connectivity index is 2.44. The smallest absolute Gasteiger partial charge is 0.303 e. The number of ether oxygens (including phenoxy) is 2. The van der Waals surface area contributed by atoms with E-state index in [0.29, 0.717) is 13.1 Å². The number of rotatable bonds is 5. The fourth-order valence-corrected chi connectivity index (χ4v) is 1.77. The molecule has 0 radical (unpaired) electrons. The van der Waals surface area contributed by atoms with Crippen LogP contribution in [-0.4, -0.2) is 61.4 Å². The van der Waals surface area contributed by atoms with Gasteiger partial charge in [0.15, 0.2) is 0 Å². The fourth-order valence-electron chi connectivity index (χ4n) is 1.77. The van der Waals surface area contributed by atoms with Crippen molar-refractivity contribution in [2.45, 2.75) is 25.0 Å². The molecular weight excluding hydrogens is 214 g/mol. The number of carbonyl (C=O) groups excluding carboxylic acids is 1. The van der Waals surface area contributed by atoms with Crippen LogP contribution in [0.5, 0.6) is 0 Å². The van der Waals surface area contributed by atoms with Crippen molar-refractivity contribution in [3.8, 4) is 0 Å². The average Bonchev–Trinajstić information content (AvgIpc) is 2.68. The van der Waals surface area contributed by atoms with Gasteiger partial charge in [-0.2, -0.15) is 0 Å². The van der Waals surface area contributed by atoms with Gasteiger partial charge in [0.1, 0.15) is 12.2 Å². The third-order valence-corrected chi connectivity index (χ3v) is 2.73. The molecule has 1 N–H and O–H groups in total. The van der Waals surface area contributed by atoms with E-state index in [9.17, 15) is 9.59 Å². The van der Waals surface area contributed by atoms with Crippen LogP contribution in [0.3, 0.4) is 0 Å². The molecule has 1 saturated heterocycles. The van der Waals surface area contributed by atoms with Gasteiger partial charge in [0.05, 0.1) is 6.42 Å². The highest BCUT2D eigenvalue weighted by Gasteiger charge is 2.35. The minimum absolute atomic E-state index is 0.0300. The van der Waals surface area contributed by atoms with Crippen molar-refractivity contribution >= 4 is 11.9 Å². The lowest BCUT2D eigenvalue weighted by molar-refractivity contribution is -0.140. The van der Waals surface area contributed by atoms with E-state index in [-0.39, 0.29) is 31.0 Å². The van der Waals surface area contributed by atoms with Crippen LogP contribution in [-0.2, 0) is 19.1 Å². The molecule has 1 aliphatic rings. The zero-order valence-corrected chi connectivity index (χ0v) is 9.51. The van der Waals surface area contributed by atoms with E-state index in [2.05, 4.69) is 0 Å². The molecule has 1 aliphatic heterocycles. The van der Waals surface area contributed by atoms with Crippen LogP contribution in [0.25, 0.3) is 0 Å². The summed E-state index contributed by atoms with van der Waals surface area (Å²) < 4.78 is 10.4.